The molecule has 88 valence electrons. The molecule has 1 aromatic rings. The summed E-state index contributed by atoms with van der Waals surface area (Å²) in [5.74, 6) is -0.592. The number of amides is 1. The van der Waals surface area contributed by atoms with Crippen molar-refractivity contribution in [2.24, 2.45) is 5.73 Å². The Kier molecular flexibility index (Phi) is 4.43. The predicted octanol–water partition coefficient (Wildman–Crippen LogP) is 0.104. The Morgan fingerprint density at radius 2 is 2.06 bits per heavy atom. The first-order valence-electron chi connectivity index (χ1n) is 5.37. The third-order valence-electron chi connectivity index (χ3n) is 2.59. The molecule has 0 fully saturated rings. The first-order valence-corrected chi connectivity index (χ1v) is 5.37. The smallest absolute Gasteiger partial charge is 0.272 e. The molecule has 1 amide bonds. The van der Waals surface area contributed by atoms with Crippen LogP contribution in [0.5, 0.6) is 0 Å². The van der Waals surface area contributed by atoms with E-state index in [0.717, 1.165) is 4.90 Å². The summed E-state index contributed by atoms with van der Waals surface area (Å²) < 4.78 is 13.4. The van der Waals surface area contributed by atoms with Crippen LogP contribution in [-0.2, 0) is 11.3 Å². The standard InChI is InChI=1S/C12H17FN2O/c1-9(2)15(8-12(14)16)7-10-5-3-4-6-11(10)13/h3-6,9H,7-8H2,1-2H3,(H2,14,16)/p+1. The van der Waals surface area contributed by atoms with E-state index in [1.54, 1.807) is 18.2 Å². The number of quaternary nitrogens is 1. The second kappa shape index (κ2) is 5.61. The number of carbonyl (C=O) groups is 1. The zero-order valence-corrected chi connectivity index (χ0v) is 9.66. The van der Waals surface area contributed by atoms with Gasteiger partial charge in [-0.3, -0.25) is 4.79 Å². The number of primary amides is 1. The van der Waals surface area contributed by atoms with Crippen molar-refractivity contribution >= 4 is 5.91 Å². The van der Waals surface area contributed by atoms with Gasteiger partial charge in [0.05, 0.1) is 6.04 Å². The first kappa shape index (κ1) is 12.6. The molecule has 0 aliphatic heterocycles. The van der Waals surface area contributed by atoms with E-state index in [1.807, 2.05) is 13.8 Å². The second-order valence-corrected chi connectivity index (χ2v) is 4.22. The monoisotopic (exact) mass is 225 g/mol. The quantitative estimate of drug-likeness (QED) is 0.734. The molecular formula is C12H18FN2O+. The van der Waals surface area contributed by atoms with Crippen molar-refractivity contribution in [2.45, 2.75) is 26.4 Å². The topological polar surface area (TPSA) is 47.5 Å². The number of nitrogens with one attached hydrogen (secondary N) is 1. The number of hydrogen-bond acceptors (Lipinski definition) is 1. The minimum Gasteiger partial charge on any atom is -0.365 e. The lowest BCUT2D eigenvalue weighted by Gasteiger charge is -2.22. The van der Waals surface area contributed by atoms with Crippen LogP contribution in [0.2, 0.25) is 0 Å². The van der Waals surface area contributed by atoms with Crippen molar-refractivity contribution in [3.8, 4) is 0 Å². The molecule has 0 aliphatic rings. The summed E-state index contributed by atoms with van der Waals surface area (Å²) >= 11 is 0. The van der Waals surface area contributed by atoms with E-state index < -0.39 is 0 Å². The van der Waals surface area contributed by atoms with Crippen LogP contribution in [0.15, 0.2) is 24.3 Å². The Morgan fingerprint density at radius 1 is 1.44 bits per heavy atom. The Balaban J connectivity index is 2.76. The average molecular weight is 225 g/mol. The van der Waals surface area contributed by atoms with Gasteiger partial charge in [0.25, 0.3) is 5.91 Å². The van der Waals surface area contributed by atoms with Crippen molar-refractivity contribution in [3.05, 3.63) is 35.6 Å². The third-order valence-corrected chi connectivity index (χ3v) is 2.59. The highest BCUT2D eigenvalue weighted by Crippen LogP contribution is 2.04. The third kappa shape index (κ3) is 3.62. The number of nitrogens with two attached hydrogens (primary N) is 1. The Morgan fingerprint density at radius 3 is 2.56 bits per heavy atom. The number of rotatable bonds is 5. The van der Waals surface area contributed by atoms with Crippen LogP contribution in [0.25, 0.3) is 0 Å². The summed E-state index contributed by atoms with van der Waals surface area (Å²) in [7, 11) is 0. The van der Waals surface area contributed by atoms with E-state index >= 15 is 0 Å². The van der Waals surface area contributed by atoms with Gasteiger partial charge < -0.3 is 10.6 Å². The zero-order valence-electron chi connectivity index (χ0n) is 9.66. The van der Waals surface area contributed by atoms with E-state index in [-0.39, 0.29) is 24.3 Å². The summed E-state index contributed by atoms with van der Waals surface area (Å²) in [4.78, 5) is 11.9. The number of hydrogen-bond donors (Lipinski definition) is 2. The van der Waals surface area contributed by atoms with E-state index in [9.17, 15) is 9.18 Å². The molecule has 1 rings (SSSR count). The van der Waals surface area contributed by atoms with Gasteiger partial charge >= 0.3 is 0 Å². The van der Waals surface area contributed by atoms with Gasteiger partial charge in [0, 0.05) is 5.56 Å². The van der Waals surface area contributed by atoms with Crippen LogP contribution >= 0.6 is 0 Å². The lowest BCUT2D eigenvalue weighted by molar-refractivity contribution is -0.927. The van der Waals surface area contributed by atoms with Gasteiger partial charge in [-0.05, 0) is 19.9 Å². The SMILES string of the molecule is CC(C)[NH+](CC(N)=O)Cc1ccccc1F. The van der Waals surface area contributed by atoms with Crippen molar-refractivity contribution < 1.29 is 14.1 Å². The molecule has 1 atom stereocenters. The van der Waals surface area contributed by atoms with Gasteiger partial charge in [0.2, 0.25) is 0 Å². The molecule has 0 saturated heterocycles. The van der Waals surface area contributed by atoms with E-state index in [4.69, 9.17) is 5.73 Å². The maximum atomic E-state index is 13.4. The van der Waals surface area contributed by atoms with E-state index in [0.29, 0.717) is 12.1 Å². The Labute approximate surface area is 95.0 Å². The van der Waals surface area contributed by atoms with Crippen LogP contribution in [-0.4, -0.2) is 18.5 Å². The van der Waals surface area contributed by atoms with Crippen LogP contribution < -0.4 is 10.6 Å². The largest absolute Gasteiger partial charge is 0.365 e. The molecule has 0 saturated carbocycles. The minimum atomic E-state index is -0.361. The molecule has 0 spiro atoms. The number of benzene rings is 1. The molecular weight excluding hydrogens is 207 g/mol. The van der Waals surface area contributed by atoms with Gasteiger partial charge in [0.15, 0.2) is 6.54 Å². The van der Waals surface area contributed by atoms with Crippen LogP contribution in [0.3, 0.4) is 0 Å². The molecule has 0 aromatic heterocycles. The van der Waals surface area contributed by atoms with Gasteiger partial charge in [-0.15, -0.1) is 0 Å². The molecule has 0 radical (unpaired) electrons. The van der Waals surface area contributed by atoms with Crippen molar-refractivity contribution in [2.75, 3.05) is 6.54 Å². The fourth-order valence-electron chi connectivity index (χ4n) is 1.58. The van der Waals surface area contributed by atoms with Gasteiger partial charge in [-0.1, -0.05) is 18.2 Å². The van der Waals surface area contributed by atoms with Gasteiger partial charge in [0.1, 0.15) is 12.4 Å². The van der Waals surface area contributed by atoms with E-state index in [1.165, 1.54) is 6.07 Å². The molecule has 1 unspecified atom stereocenters. The highest BCUT2D eigenvalue weighted by atomic mass is 19.1. The maximum absolute atomic E-state index is 13.4. The van der Waals surface area contributed by atoms with Gasteiger partial charge in [-0.2, -0.15) is 0 Å². The Hall–Kier alpha value is -1.42. The average Bonchev–Trinajstić information content (AvgIpc) is 2.19. The molecule has 0 heterocycles. The van der Waals surface area contributed by atoms with Crippen molar-refractivity contribution in [1.82, 2.24) is 0 Å². The fraction of sp³-hybridized carbons (Fsp3) is 0.417. The summed E-state index contributed by atoms with van der Waals surface area (Å²) in [6, 6.07) is 6.84. The summed E-state index contributed by atoms with van der Waals surface area (Å²) in [5, 5.41) is 0. The number of carbonyl (C=O) groups excluding carboxylic acids is 1. The van der Waals surface area contributed by atoms with Crippen LogP contribution in [0.1, 0.15) is 19.4 Å². The Bertz CT molecular complexity index is 366. The highest BCUT2D eigenvalue weighted by molar-refractivity contribution is 5.74. The summed E-state index contributed by atoms with van der Waals surface area (Å²) in [6.07, 6.45) is 0. The normalized spacial score (nSPS) is 12.8. The first-order chi connectivity index (χ1) is 7.50. The fourth-order valence-corrected chi connectivity index (χ4v) is 1.58. The lowest BCUT2D eigenvalue weighted by atomic mass is 10.1. The summed E-state index contributed by atoms with van der Waals surface area (Å²) in [5.41, 5.74) is 5.79. The molecule has 3 N–H and O–H groups in total. The minimum absolute atomic E-state index is 0.228. The highest BCUT2D eigenvalue weighted by Gasteiger charge is 2.17. The van der Waals surface area contributed by atoms with Crippen LogP contribution in [0, 0.1) is 5.82 Å². The molecule has 1 aromatic carbocycles. The van der Waals surface area contributed by atoms with Crippen LogP contribution in [0.4, 0.5) is 4.39 Å². The molecule has 4 heteroatoms. The lowest BCUT2D eigenvalue weighted by Crippen LogP contribution is -3.14. The predicted molar refractivity (Wildman–Crippen MR) is 60.3 cm³/mol. The summed E-state index contributed by atoms with van der Waals surface area (Å²) in [6.45, 7) is 4.68. The molecule has 3 nitrogen and oxygen atoms in total. The van der Waals surface area contributed by atoms with Crippen molar-refractivity contribution in [3.63, 3.8) is 0 Å². The molecule has 16 heavy (non-hydrogen) atoms. The van der Waals surface area contributed by atoms with Crippen molar-refractivity contribution in [1.29, 1.82) is 0 Å². The number of halogens is 1. The van der Waals surface area contributed by atoms with Gasteiger partial charge in [-0.25, -0.2) is 4.39 Å². The molecule has 0 aliphatic carbocycles. The zero-order chi connectivity index (χ0) is 12.1. The maximum Gasteiger partial charge on any atom is 0.272 e. The second-order valence-electron chi connectivity index (χ2n) is 4.22. The molecule has 0 bridgehead atoms. The van der Waals surface area contributed by atoms with E-state index in [2.05, 4.69) is 0 Å².